The van der Waals surface area contributed by atoms with E-state index in [-0.39, 0.29) is 23.3 Å². The van der Waals surface area contributed by atoms with Crippen LogP contribution in [0.2, 0.25) is 0 Å². The Morgan fingerprint density at radius 3 is 2.04 bits per heavy atom. The molecule has 11 nitrogen and oxygen atoms in total. The lowest BCUT2D eigenvalue weighted by atomic mass is 9.76. The lowest BCUT2D eigenvalue weighted by Crippen LogP contribution is -2.59. The fourth-order valence-electron chi connectivity index (χ4n) is 8.52. The molecule has 3 saturated heterocycles. The van der Waals surface area contributed by atoms with Gasteiger partial charge in [-0.3, -0.25) is 4.79 Å². The molecule has 3 fully saturated rings. The second-order valence-electron chi connectivity index (χ2n) is 14.5. The zero-order valence-corrected chi connectivity index (χ0v) is 31.6. The number of likely N-dealkylation sites (tertiary alicyclic amines) is 3. The predicted molar refractivity (Wildman–Crippen MR) is 203 cm³/mol. The molecule has 0 spiro atoms. The second kappa shape index (κ2) is 16.9. The van der Waals surface area contributed by atoms with Crippen molar-refractivity contribution in [2.45, 2.75) is 68.9 Å². The zero-order valence-electron chi connectivity index (χ0n) is 31.6. The van der Waals surface area contributed by atoms with Crippen LogP contribution in [0.4, 0.5) is 4.79 Å². The summed E-state index contributed by atoms with van der Waals surface area (Å²) in [6, 6.07) is 23.5. The quantitative estimate of drug-likeness (QED) is 0.227. The van der Waals surface area contributed by atoms with Crippen LogP contribution >= 0.6 is 0 Å². The van der Waals surface area contributed by atoms with Gasteiger partial charge < -0.3 is 39.0 Å². The van der Waals surface area contributed by atoms with Gasteiger partial charge in [0.15, 0.2) is 11.5 Å². The van der Waals surface area contributed by atoms with Crippen LogP contribution in [0.25, 0.3) is 0 Å². The van der Waals surface area contributed by atoms with E-state index in [2.05, 4.69) is 46.6 Å². The highest BCUT2D eigenvalue weighted by atomic mass is 16.5. The van der Waals surface area contributed by atoms with Gasteiger partial charge in [0.1, 0.15) is 6.04 Å². The van der Waals surface area contributed by atoms with Crippen LogP contribution in [0.3, 0.4) is 0 Å². The summed E-state index contributed by atoms with van der Waals surface area (Å²) in [5.41, 5.74) is 2.04. The first-order valence-electron chi connectivity index (χ1n) is 18.9. The summed E-state index contributed by atoms with van der Waals surface area (Å²) in [6.45, 7) is 6.32. The van der Waals surface area contributed by atoms with Crippen molar-refractivity contribution >= 4 is 17.9 Å². The van der Waals surface area contributed by atoms with Crippen molar-refractivity contribution < 1.29 is 33.3 Å². The molecule has 6 rings (SSSR count). The van der Waals surface area contributed by atoms with Gasteiger partial charge in [-0.25, -0.2) is 9.59 Å². The Labute approximate surface area is 313 Å². The summed E-state index contributed by atoms with van der Waals surface area (Å²) < 4.78 is 21.9. The average molecular weight is 727 g/mol. The Bertz CT molecular complexity index is 1690. The molecule has 1 N–H and O–H groups in total. The number of piperidine rings is 2. The average Bonchev–Trinajstić information content (AvgIpc) is 3.66. The van der Waals surface area contributed by atoms with E-state index in [4.69, 9.17) is 18.9 Å². The highest BCUT2D eigenvalue weighted by molar-refractivity contribution is 5.96. The van der Waals surface area contributed by atoms with Crippen LogP contribution in [0, 0.1) is 0 Å². The van der Waals surface area contributed by atoms with E-state index in [1.54, 1.807) is 45.3 Å². The fourth-order valence-corrected chi connectivity index (χ4v) is 8.52. The predicted octanol–water partition coefficient (Wildman–Crippen LogP) is 6.00. The molecule has 284 valence electrons. The van der Waals surface area contributed by atoms with E-state index >= 15 is 0 Å². The molecular weight excluding hydrogens is 672 g/mol. The number of carbonyl (C=O) groups is 3. The van der Waals surface area contributed by atoms with Gasteiger partial charge in [-0.2, -0.15) is 0 Å². The Balaban J connectivity index is 1.16. The van der Waals surface area contributed by atoms with E-state index in [1.807, 2.05) is 29.2 Å². The molecule has 3 aliphatic rings. The number of methoxy groups -OCH3 is 3. The van der Waals surface area contributed by atoms with Gasteiger partial charge in [-0.05, 0) is 81.7 Å². The summed E-state index contributed by atoms with van der Waals surface area (Å²) in [4.78, 5) is 46.9. The van der Waals surface area contributed by atoms with Crippen LogP contribution in [0.15, 0.2) is 72.8 Å². The molecule has 3 aliphatic heterocycles. The van der Waals surface area contributed by atoms with Gasteiger partial charge in [0.05, 0.1) is 33.5 Å². The molecule has 11 heteroatoms. The third-order valence-corrected chi connectivity index (χ3v) is 11.5. The van der Waals surface area contributed by atoms with Crippen LogP contribution < -0.4 is 19.5 Å². The normalized spacial score (nSPS) is 21.5. The molecule has 2 unspecified atom stereocenters. The Morgan fingerprint density at radius 2 is 1.43 bits per heavy atom. The number of esters is 1. The van der Waals surface area contributed by atoms with Crippen molar-refractivity contribution in [3.05, 3.63) is 89.5 Å². The number of amides is 3. The van der Waals surface area contributed by atoms with Crippen LogP contribution in [0.5, 0.6) is 17.2 Å². The Hall–Kier alpha value is -4.77. The number of urea groups is 1. The third-order valence-electron chi connectivity index (χ3n) is 11.5. The largest absolute Gasteiger partial charge is 0.493 e. The van der Waals surface area contributed by atoms with Gasteiger partial charge >= 0.3 is 12.0 Å². The highest BCUT2D eigenvalue weighted by Gasteiger charge is 2.44. The van der Waals surface area contributed by atoms with Gasteiger partial charge in [0.25, 0.3) is 5.91 Å². The van der Waals surface area contributed by atoms with Crippen molar-refractivity contribution in [2.24, 2.45) is 0 Å². The molecule has 0 aromatic heterocycles. The van der Waals surface area contributed by atoms with E-state index in [9.17, 15) is 14.4 Å². The summed E-state index contributed by atoms with van der Waals surface area (Å²) >= 11 is 0. The molecule has 0 aliphatic carbocycles. The minimum Gasteiger partial charge on any atom is -0.493 e. The van der Waals surface area contributed by atoms with E-state index in [1.165, 1.54) is 5.56 Å². The highest BCUT2D eigenvalue weighted by Crippen LogP contribution is 2.42. The van der Waals surface area contributed by atoms with Crippen molar-refractivity contribution in [2.75, 3.05) is 67.2 Å². The number of rotatable bonds is 12. The van der Waals surface area contributed by atoms with Gasteiger partial charge in [-0.15, -0.1) is 0 Å². The maximum atomic E-state index is 14.0. The molecule has 0 bridgehead atoms. The van der Waals surface area contributed by atoms with Crippen molar-refractivity contribution in [3.8, 4) is 17.2 Å². The smallest absolute Gasteiger partial charge is 0.328 e. The minimum atomic E-state index is -0.558. The molecule has 2 atom stereocenters. The number of nitrogens with zero attached hydrogens (tertiary/aromatic N) is 3. The monoisotopic (exact) mass is 726 g/mol. The first-order chi connectivity index (χ1) is 25.8. The number of ether oxygens (including phenoxy) is 4. The number of hydrogen-bond acceptors (Lipinski definition) is 8. The minimum absolute atomic E-state index is 0.0673. The van der Waals surface area contributed by atoms with Gasteiger partial charge in [0, 0.05) is 43.7 Å². The summed E-state index contributed by atoms with van der Waals surface area (Å²) in [5, 5.41) is 3.44. The number of nitrogens with one attached hydrogen (secondary N) is 1. The summed E-state index contributed by atoms with van der Waals surface area (Å²) in [5.74, 6) is 0.963. The SMILES string of the molecule is CCOC(=O)C1CCCCN1C(=O)NC1(c2ccccc2)CCN(CCC2(c3ccccc3)CCN(C(=O)c3cc(OC)c(OC)c(OC)c3)C2)CC1. The molecule has 3 heterocycles. The maximum Gasteiger partial charge on any atom is 0.328 e. The Morgan fingerprint density at radius 1 is 0.792 bits per heavy atom. The van der Waals surface area contributed by atoms with E-state index in [0.717, 1.165) is 63.7 Å². The Kier molecular flexibility index (Phi) is 12.1. The van der Waals surface area contributed by atoms with Gasteiger partial charge in [-0.1, -0.05) is 60.7 Å². The van der Waals surface area contributed by atoms with Crippen LogP contribution in [0.1, 0.15) is 73.4 Å². The first-order valence-corrected chi connectivity index (χ1v) is 18.9. The topological polar surface area (TPSA) is 110 Å². The van der Waals surface area contributed by atoms with E-state index < -0.39 is 11.6 Å². The van der Waals surface area contributed by atoms with Crippen LogP contribution in [-0.2, 0) is 20.5 Å². The molecule has 3 aromatic rings. The molecule has 0 radical (unpaired) electrons. The second-order valence-corrected chi connectivity index (χ2v) is 14.5. The van der Waals surface area contributed by atoms with E-state index in [0.29, 0.717) is 55.5 Å². The third kappa shape index (κ3) is 8.10. The first kappa shape index (κ1) is 38.0. The lowest BCUT2D eigenvalue weighted by molar-refractivity contribution is -0.149. The van der Waals surface area contributed by atoms with Crippen molar-refractivity contribution in [3.63, 3.8) is 0 Å². The maximum absolute atomic E-state index is 14.0. The molecule has 3 aromatic carbocycles. The number of carbonyl (C=O) groups excluding carboxylic acids is 3. The van der Waals surface area contributed by atoms with Crippen molar-refractivity contribution in [1.29, 1.82) is 0 Å². The fraction of sp³-hybridized carbons (Fsp3) is 0.500. The van der Waals surface area contributed by atoms with Gasteiger partial charge in [0.2, 0.25) is 5.75 Å². The number of benzene rings is 3. The lowest BCUT2D eigenvalue weighted by Gasteiger charge is -2.45. The standard InChI is InChI=1S/C42H54N4O7/c1-5-53-39(48)34-18-12-13-23-46(34)40(49)43-42(33-16-10-7-11-17-33)21-25-44(26-22-42)24-19-41(32-14-8-6-9-15-32)20-27-45(30-41)38(47)31-28-35(50-2)37(52-4)36(29-31)51-3/h6-11,14-17,28-29,34H,5,12-13,18-27,30H2,1-4H3,(H,43,49). The molecule has 3 amide bonds. The van der Waals surface area contributed by atoms with Crippen molar-refractivity contribution in [1.82, 2.24) is 20.0 Å². The summed E-state index contributed by atoms with van der Waals surface area (Å²) in [6.07, 6.45) is 5.60. The summed E-state index contributed by atoms with van der Waals surface area (Å²) in [7, 11) is 4.65. The van der Waals surface area contributed by atoms with Crippen LogP contribution in [-0.4, -0.2) is 106 Å². The molecule has 53 heavy (non-hydrogen) atoms. The molecule has 0 saturated carbocycles. The molecular formula is C42H54N4O7. The zero-order chi connectivity index (χ0) is 37.4. The number of hydrogen-bond donors (Lipinski definition) is 1.